The van der Waals surface area contributed by atoms with Crippen LogP contribution in [0.3, 0.4) is 0 Å². The maximum atomic E-state index is 11.5. The average molecular weight is 263 g/mol. The van der Waals surface area contributed by atoms with Gasteiger partial charge >= 0.3 is 5.97 Å². The highest BCUT2D eigenvalue weighted by Crippen LogP contribution is 2.26. The summed E-state index contributed by atoms with van der Waals surface area (Å²) >= 11 is 0. The van der Waals surface area contributed by atoms with Gasteiger partial charge in [0.15, 0.2) is 0 Å². The van der Waals surface area contributed by atoms with Gasteiger partial charge in [-0.25, -0.2) is 4.79 Å². The van der Waals surface area contributed by atoms with Crippen molar-refractivity contribution in [2.24, 2.45) is 4.99 Å². The van der Waals surface area contributed by atoms with Crippen LogP contribution in [0, 0.1) is 0 Å². The Hall–Kier alpha value is -2.30. The molecule has 1 rings (SSSR count). The highest BCUT2D eigenvalue weighted by atomic mass is 16.5. The van der Waals surface area contributed by atoms with Crippen molar-refractivity contribution in [1.29, 1.82) is 0 Å². The van der Waals surface area contributed by atoms with Crippen molar-refractivity contribution in [3.05, 3.63) is 35.6 Å². The van der Waals surface area contributed by atoms with Crippen LogP contribution >= 0.6 is 0 Å². The van der Waals surface area contributed by atoms with E-state index in [0.29, 0.717) is 17.9 Å². The third kappa shape index (κ3) is 3.84. The molecular weight excluding hydrogens is 246 g/mol. The Balaban J connectivity index is 3.09. The molecule has 0 saturated carbocycles. The van der Waals surface area contributed by atoms with Crippen LogP contribution in [0.4, 0.5) is 5.69 Å². The number of rotatable bonds is 5. The van der Waals surface area contributed by atoms with Crippen molar-refractivity contribution < 1.29 is 19.4 Å². The number of allylic oxidation sites excluding steroid dienone is 1. The molecule has 0 aliphatic rings. The number of carbonyl (C=O) groups excluding carboxylic acids is 1. The maximum absolute atomic E-state index is 11.5. The third-order valence-electron chi connectivity index (χ3n) is 2.47. The smallest absolute Gasteiger partial charge is 0.342 e. The fourth-order valence-corrected chi connectivity index (χ4v) is 1.42. The number of esters is 1. The van der Waals surface area contributed by atoms with E-state index < -0.39 is 5.97 Å². The van der Waals surface area contributed by atoms with E-state index in [-0.39, 0.29) is 11.3 Å². The van der Waals surface area contributed by atoms with Gasteiger partial charge in [-0.15, -0.1) is 0 Å². The molecule has 0 unspecified atom stereocenters. The predicted octanol–water partition coefficient (Wildman–Crippen LogP) is 2.79. The first-order chi connectivity index (χ1) is 9.13. The van der Waals surface area contributed by atoms with Crippen molar-refractivity contribution >= 4 is 17.9 Å². The van der Waals surface area contributed by atoms with Gasteiger partial charge in [-0.2, -0.15) is 0 Å². The Bertz CT molecular complexity index is 506. The molecule has 0 heterocycles. The topological polar surface area (TPSA) is 68.1 Å². The number of carbonyl (C=O) groups is 1. The van der Waals surface area contributed by atoms with Gasteiger partial charge in [0.1, 0.15) is 22.8 Å². The molecule has 0 spiro atoms. The zero-order valence-corrected chi connectivity index (χ0v) is 11.2. The minimum absolute atomic E-state index is 0.0379. The average Bonchev–Trinajstić information content (AvgIpc) is 2.47. The summed E-state index contributed by atoms with van der Waals surface area (Å²) in [6.07, 6.45) is 1.60. The van der Waals surface area contributed by atoms with E-state index in [4.69, 9.17) is 4.74 Å². The Morgan fingerprint density at radius 2 is 2.05 bits per heavy atom. The third-order valence-corrected chi connectivity index (χ3v) is 2.47. The van der Waals surface area contributed by atoms with E-state index in [2.05, 4.69) is 9.73 Å². The van der Waals surface area contributed by atoms with Crippen LogP contribution < -0.4 is 4.74 Å². The number of nitrogens with zero attached hydrogens (tertiary/aromatic N) is 1. The van der Waals surface area contributed by atoms with Crippen LogP contribution in [0.5, 0.6) is 5.75 Å². The molecule has 0 saturated heterocycles. The van der Waals surface area contributed by atoms with Gasteiger partial charge in [-0.1, -0.05) is 19.1 Å². The number of aliphatic imine (C=N–C) groups is 1. The second-order valence-electron chi connectivity index (χ2n) is 3.64. The van der Waals surface area contributed by atoms with Gasteiger partial charge in [0, 0.05) is 12.6 Å². The van der Waals surface area contributed by atoms with E-state index in [9.17, 15) is 9.90 Å². The molecule has 5 heteroatoms. The molecule has 1 aromatic rings. The van der Waals surface area contributed by atoms with Gasteiger partial charge in [-0.3, -0.25) is 4.99 Å². The second kappa shape index (κ2) is 7.20. The van der Waals surface area contributed by atoms with Crippen LogP contribution in [0.25, 0.3) is 0 Å². The van der Waals surface area contributed by atoms with E-state index in [1.807, 2.05) is 6.07 Å². The van der Waals surface area contributed by atoms with Crippen LogP contribution in [-0.4, -0.2) is 31.5 Å². The highest BCUT2D eigenvalue weighted by molar-refractivity contribution is 6.10. The first kappa shape index (κ1) is 14.8. The van der Waals surface area contributed by atoms with Crippen LogP contribution in [-0.2, 0) is 9.53 Å². The largest absolute Gasteiger partial charge is 0.511 e. The lowest BCUT2D eigenvalue weighted by Gasteiger charge is -2.05. The van der Waals surface area contributed by atoms with E-state index in [0.717, 1.165) is 0 Å². The summed E-state index contributed by atoms with van der Waals surface area (Å²) < 4.78 is 9.74. The molecule has 102 valence electrons. The minimum atomic E-state index is -0.627. The summed E-state index contributed by atoms with van der Waals surface area (Å²) in [4.78, 5) is 15.7. The van der Waals surface area contributed by atoms with Crippen molar-refractivity contribution in [2.45, 2.75) is 13.3 Å². The Labute approximate surface area is 112 Å². The molecule has 0 aliphatic carbocycles. The number of hydrogen-bond donors (Lipinski definition) is 1. The molecule has 19 heavy (non-hydrogen) atoms. The van der Waals surface area contributed by atoms with Gasteiger partial charge in [0.05, 0.1) is 14.2 Å². The van der Waals surface area contributed by atoms with E-state index in [1.54, 1.807) is 25.1 Å². The maximum Gasteiger partial charge on any atom is 0.342 e. The molecule has 5 nitrogen and oxygen atoms in total. The summed E-state index contributed by atoms with van der Waals surface area (Å²) in [5.74, 6) is -0.109. The van der Waals surface area contributed by atoms with Crippen LogP contribution in [0.15, 0.2) is 40.6 Å². The van der Waals surface area contributed by atoms with Crippen LogP contribution in [0.1, 0.15) is 13.3 Å². The molecule has 0 atom stereocenters. The van der Waals surface area contributed by atoms with Gasteiger partial charge in [-0.05, 0) is 12.1 Å². The lowest BCUT2D eigenvalue weighted by atomic mass is 10.2. The molecule has 0 bridgehead atoms. The summed E-state index contributed by atoms with van der Waals surface area (Å²) in [5.41, 5.74) is 0.603. The summed E-state index contributed by atoms with van der Waals surface area (Å²) in [6, 6.07) is 7.12. The molecule has 1 N–H and O–H groups in total. The fraction of sp³-hybridized carbons (Fsp3) is 0.286. The van der Waals surface area contributed by atoms with Crippen molar-refractivity contribution in [3.8, 4) is 5.75 Å². The molecule has 0 aliphatic heterocycles. The van der Waals surface area contributed by atoms with Gasteiger partial charge in [0.25, 0.3) is 0 Å². The predicted molar refractivity (Wildman–Crippen MR) is 73.1 cm³/mol. The number of ether oxygens (including phenoxy) is 2. The van der Waals surface area contributed by atoms with Gasteiger partial charge in [0.2, 0.25) is 0 Å². The van der Waals surface area contributed by atoms with Crippen LogP contribution in [0.2, 0.25) is 0 Å². The summed E-state index contributed by atoms with van der Waals surface area (Å²) in [5, 5.41) is 9.68. The Morgan fingerprint density at radius 3 is 2.63 bits per heavy atom. The quantitative estimate of drug-likeness (QED) is 0.384. The fourth-order valence-electron chi connectivity index (χ4n) is 1.42. The molecular formula is C14H17NO4. The normalized spacial score (nSPS) is 12.2. The SMILES string of the molecule is CC/C(O)=C(/C=Nc1ccccc1OC)C(=O)OC. The Morgan fingerprint density at radius 1 is 1.37 bits per heavy atom. The number of benzene rings is 1. The van der Waals surface area contributed by atoms with Crippen molar-refractivity contribution in [2.75, 3.05) is 14.2 Å². The first-order valence-corrected chi connectivity index (χ1v) is 5.81. The van der Waals surface area contributed by atoms with E-state index >= 15 is 0 Å². The lowest BCUT2D eigenvalue weighted by Crippen LogP contribution is -2.09. The van der Waals surface area contributed by atoms with Crippen molar-refractivity contribution in [3.63, 3.8) is 0 Å². The first-order valence-electron chi connectivity index (χ1n) is 5.81. The van der Waals surface area contributed by atoms with E-state index in [1.165, 1.54) is 20.4 Å². The van der Waals surface area contributed by atoms with Gasteiger partial charge < -0.3 is 14.6 Å². The molecule has 0 amide bonds. The number of aliphatic hydroxyl groups is 1. The number of methoxy groups -OCH3 is 2. The minimum Gasteiger partial charge on any atom is -0.511 e. The monoisotopic (exact) mass is 263 g/mol. The van der Waals surface area contributed by atoms with Crippen molar-refractivity contribution in [1.82, 2.24) is 0 Å². The molecule has 1 aromatic carbocycles. The number of para-hydroxylation sites is 2. The lowest BCUT2D eigenvalue weighted by molar-refractivity contribution is -0.135. The standard InChI is InChI=1S/C14H17NO4/c1-4-12(16)10(14(17)19-3)9-15-11-7-5-6-8-13(11)18-2/h5-9,16H,4H2,1-3H3/b12-10+,15-9?. The molecule has 0 aromatic heterocycles. The summed E-state index contributed by atoms with van der Waals surface area (Å²) in [6.45, 7) is 1.73. The molecule has 0 fully saturated rings. The zero-order valence-electron chi connectivity index (χ0n) is 11.2. The Kier molecular flexibility index (Phi) is 5.60. The summed E-state index contributed by atoms with van der Waals surface area (Å²) in [7, 11) is 2.79. The highest BCUT2D eigenvalue weighted by Gasteiger charge is 2.12. The number of hydrogen-bond acceptors (Lipinski definition) is 5. The zero-order chi connectivity index (χ0) is 14.3. The molecule has 0 radical (unpaired) electrons. The number of aliphatic hydroxyl groups excluding tert-OH is 1. The second-order valence-corrected chi connectivity index (χ2v) is 3.64.